The van der Waals surface area contributed by atoms with Crippen molar-refractivity contribution >= 4 is 29.5 Å². The third-order valence-corrected chi connectivity index (χ3v) is 9.64. The Kier molecular flexibility index (Phi) is 7.05. The lowest BCUT2D eigenvalue weighted by atomic mass is 9.66. The predicted octanol–water partition coefficient (Wildman–Crippen LogP) is -0.284. The highest BCUT2D eigenvalue weighted by Gasteiger charge is 2.76. The van der Waals surface area contributed by atoms with Crippen LogP contribution >= 0.6 is 11.8 Å². The molecule has 2 N–H and O–H groups in total. The van der Waals surface area contributed by atoms with Crippen molar-refractivity contribution in [2.24, 2.45) is 17.8 Å². The minimum Gasteiger partial charge on any atom is -0.466 e. The van der Waals surface area contributed by atoms with Crippen LogP contribution in [-0.4, -0.2) is 107 Å². The summed E-state index contributed by atoms with van der Waals surface area (Å²) in [5.74, 6) is -1.78. The first kappa shape index (κ1) is 23.8. The maximum Gasteiger partial charge on any atom is 0.310 e. The van der Waals surface area contributed by atoms with Crippen LogP contribution in [0.5, 0.6) is 0 Å². The summed E-state index contributed by atoms with van der Waals surface area (Å²) >= 11 is 1.62. The fourth-order valence-corrected chi connectivity index (χ4v) is 8.48. The van der Waals surface area contributed by atoms with Crippen molar-refractivity contribution in [1.82, 2.24) is 15.1 Å². The van der Waals surface area contributed by atoms with Gasteiger partial charge in [-0.25, -0.2) is 0 Å². The maximum absolute atomic E-state index is 13.7. The molecule has 0 aromatic heterocycles. The zero-order valence-corrected chi connectivity index (χ0v) is 19.9. The Bertz CT molecular complexity index is 747. The summed E-state index contributed by atoms with van der Waals surface area (Å²) in [6.45, 7) is 9.90. The number of morpholine rings is 1. The lowest BCUT2D eigenvalue weighted by Gasteiger charge is -2.39. The number of nitrogens with zero attached hydrogens (tertiary/aromatic N) is 2. The summed E-state index contributed by atoms with van der Waals surface area (Å²) in [7, 11) is 0. The molecule has 1 spiro atoms. The van der Waals surface area contributed by atoms with E-state index < -0.39 is 28.7 Å². The van der Waals surface area contributed by atoms with Crippen molar-refractivity contribution in [2.75, 3.05) is 52.6 Å². The molecule has 2 amide bonds. The molecule has 9 nitrogen and oxygen atoms in total. The lowest BCUT2D eigenvalue weighted by molar-refractivity contribution is -0.154. The number of carbonyl (C=O) groups is 3. The van der Waals surface area contributed by atoms with Crippen LogP contribution in [0.1, 0.15) is 27.2 Å². The van der Waals surface area contributed by atoms with Gasteiger partial charge in [0.2, 0.25) is 11.8 Å². The van der Waals surface area contributed by atoms with Gasteiger partial charge in [0.15, 0.2) is 0 Å². The molecule has 0 radical (unpaired) electrons. The molecule has 4 rings (SSSR count). The third kappa shape index (κ3) is 3.73. The van der Waals surface area contributed by atoms with Crippen LogP contribution in [0.15, 0.2) is 0 Å². The fraction of sp³-hybridized carbons (Fsp3) is 0.864. The molecule has 0 saturated carbocycles. The van der Waals surface area contributed by atoms with Gasteiger partial charge in [0.1, 0.15) is 6.04 Å². The first-order valence-electron chi connectivity index (χ1n) is 11.7. The normalized spacial score (nSPS) is 37.4. The maximum atomic E-state index is 13.7. The average Bonchev–Trinajstić information content (AvgIpc) is 3.37. The fourth-order valence-electron chi connectivity index (χ4n) is 6.09. The molecule has 3 unspecified atom stereocenters. The monoisotopic (exact) mass is 469 g/mol. The largest absolute Gasteiger partial charge is 0.466 e. The number of hydrogen-bond donors (Lipinski definition) is 2. The number of aliphatic hydroxyl groups excluding tert-OH is 1. The number of ether oxygens (including phenoxy) is 2. The highest BCUT2D eigenvalue weighted by Crippen LogP contribution is 2.68. The van der Waals surface area contributed by atoms with Crippen LogP contribution in [0.3, 0.4) is 0 Å². The molecule has 4 saturated heterocycles. The molecule has 4 aliphatic rings. The minimum atomic E-state index is -0.712. The van der Waals surface area contributed by atoms with Gasteiger partial charge in [-0.2, -0.15) is 0 Å². The van der Waals surface area contributed by atoms with E-state index in [0.29, 0.717) is 19.8 Å². The van der Waals surface area contributed by atoms with Gasteiger partial charge in [0.05, 0.1) is 49.1 Å². The molecule has 4 heterocycles. The van der Waals surface area contributed by atoms with Gasteiger partial charge in [-0.15, -0.1) is 11.8 Å². The lowest BCUT2D eigenvalue weighted by Crippen LogP contribution is -2.58. The molecule has 2 bridgehead atoms. The number of carbonyl (C=O) groups excluding carboxylic acids is 3. The summed E-state index contributed by atoms with van der Waals surface area (Å²) in [6, 6.07) is -1.22. The summed E-state index contributed by atoms with van der Waals surface area (Å²) in [5, 5.41) is 12.9. The molecule has 180 valence electrons. The summed E-state index contributed by atoms with van der Waals surface area (Å²) in [6.07, 6.45) is 0.775. The zero-order chi connectivity index (χ0) is 23.0. The van der Waals surface area contributed by atoms with Crippen molar-refractivity contribution in [3.63, 3.8) is 0 Å². The van der Waals surface area contributed by atoms with E-state index in [4.69, 9.17) is 9.47 Å². The topological polar surface area (TPSA) is 108 Å². The SMILES string of the molecule is CCOC(=O)[C@@H]1[C@@H]2CC(C)C3(S2)C(C(=O)NCCN2CCOCC2)N([C@H](C)CO)C(=O)[C@H]13. The van der Waals surface area contributed by atoms with Gasteiger partial charge in [-0.1, -0.05) is 6.92 Å². The van der Waals surface area contributed by atoms with E-state index in [1.54, 1.807) is 30.5 Å². The highest BCUT2D eigenvalue weighted by atomic mass is 32.2. The molecule has 0 aliphatic carbocycles. The Hall–Kier alpha value is -1.36. The highest BCUT2D eigenvalue weighted by molar-refractivity contribution is 8.02. The molecule has 4 aliphatic heterocycles. The number of likely N-dealkylation sites (tertiary alicyclic amines) is 1. The van der Waals surface area contributed by atoms with Gasteiger partial charge in [-0.05, 0) is 26.2 Å². The Morgan fingerprint density at radius 2 is 2.09 bits per heavy atom. The molecular weight excluding hydrogens is 434 g/mol. The van der Waals surface area contributed by atoms with E-state index in [-0.39, 0.29) is 42.2 Å². The Labute approximate surface area is 193 Å². The van der Waals surface area contributed by atoms with Crippen molar-refractivity contribution in [2.45, 2.75) is 49.3 Å². The molecule has 32 heavy (non-hydrogen) atoms. The van der Waals surface area contributed by atoms with E-state index in [2.05, 4.69) is 17.1 Å². The second kappa shape index (κ2) is 9.48. The minimum absolute atomic E-state index is 0.0202. The van der Waals surface area contributed by atoms with Gasteiger partial charge >= 0.3 is 5.97 Å². The number of nitrogens with one attached hydrogen (secondary N) is 1. The molecular formula is C22H35N3O6S. The van der Waals surface area contributed by atoms with Crippen molar-refractivity contribution in [3.8, 4) is 0 Å². The predicted molar refractivity (Wildman–Crippen MR) is 119 cm³/mol. The van der Waals surface area contributed by atoms with E-state index in [1.807, 2.05) is 0 Å². The van der Waals surface area contributed by atoms with E-state index in [9.17, 15) is 19.5 Å². The van der Waals surface area contributed by atoms with Crippen LogP contribution in [0.25, 0.3) is 0 Å². The number of thioether (sulfide) groups is 1. The second-order valence-corrected chi connectivity index (χ2v) is 10.9. The van der Waals surface area contributed by atoms with Crippen molar-refractivity contribution in [1.29, 1.82) is 0 Å². The Morgan fingerprint density at radius 3 is 2.75 bits per heavy atom. The number of aliphatic hydroxyl groups is 1. The van der Waals surface area contributed by atoms with Crippen LogP contribution in [0.2, 0.25) is 0 Å². The van der Waals surface area contributed by atoms with Gasteiger partial charge in [-0.3, -0.25) is 19.3 Å². The van der Waals surface area contributed by atoms with Crippen molar-refractivity contribution in [3.05, 3.63) is 0 Å². The molecule has 10 heteroatoms. The van der Waals surface area contributed by atoms with Crippen LogP contribution < -0.4 is 5.32 Å². The van der Waals surface area contributed by atoms with Gasteiger partial charge < -0.3 is 24.8 Å². The quantitative estimate of drug-likeness (QED) is 0.467. The standard InChI is InChI=1S/C22H35N3O6S/c1-4-31-21(29)16-15-11-13(2)22(32-15)17(16)20(28)25(14(3)12-26)18(22)19(27)23-5-6-24-7-9-30-10-8-24/h13-18,26H,4-12H2,1-3H3,(H,23,27)/t13?,14-,15+,16-,17+,18?,22?/m1/s1. The number of amides is 2. The molecule has 0 aromatic carbocycles. The first-order valence-corrected chi connectivity index (χ1v) is 12.6. The van der Waals surface area contributed by atoms with E-state index in [1.165, 1.54) is 0 Å². The first-order chi connectivity index (χ1) is 15.4. The van der Waals surface area contributed by atoms with Gasteiger partial charge in [0.25, 0.3) is 0 Å². The Balaban J connectivity index is 1.58. The smallest absolute Gasteiger partial charge is 0.310 e. The number of esters is 1. The summed E-state index contributed by atoms with van der Waals surface area (Å²) in [5.41, 5.74) is 0. The summed E-state index contributed by atoms with van der Waals surface area (Å²) in [4.78, 5) is 43.9. The summed E-state index contributed by atoms with van der Waals surface area (Å²) < 4.78 is 10.0. The van der Waals surface area contributed by atoms with Crippen LogP contribution in [-0.2, 0) is 23.9 Å². The van der Waals surface area contributed by atoms with Gasteiger partial charge in [0, 0.05) is 31.4 Å². The van der Waals surface area contributed by atoms with E-state index in [0.717, 1.165) is 26.1 Å². The number of rotatable bonds is 8. The zero-order valence-electron chi connectivity index (χ0n) is 19.1. The average molecular weight is 470 g/mol. The van der Waals surface area contributed by atoms with E-state index >= 15 is 0 Å². The third-order valence-electron chi connectivity index (χ3n) is 7.56. The number of hydrogen-bond acceptors (Lipinski definition) is 8. The Morgan fingerprint density at radius 1 is 1.38 bits per heavy atom. The molecule has 4 fully saturated rings. The van der Waals surface area contributed by atoms with Crippen LogP contribution in [0, 0.1) is 17.8 Å². The number of fused-ring (bicyclic) bond motifs is 1. The molecule has 7 atom stereocenters. The second-order valence-electron chi connectivity index (χ2n) is 9.33. The molecule has 0 aromatic rings. The van der Waals surface area contributed by atoms with Crippen molar-refractivity contribution < 1.29 is 29.0 Å². The van der Waals surface area contributed by atoms with Crippen LogP contribution in [0.4, 0.5) is 0 Å².